The highest BCUT2D eigenvalue weighted by Crippen LogP contribution is 2.41. The van der Waals surface area contributed by atoms with Gasteiger partial charge in [-0.25, -0.2) is 0 Å². The Morgan fingerprint density at radius 1 is 0.263 bits per heavy atom. The van der Waals surface area contributed by atoms with Crippen molar-refractivity contribution in [2.45, 2.75) is 0 Å². The van der Waals surface area contributed by atoms with Gasteiger partial charge in [0.25, 0.3) is 0 Å². The minimum Gasteiger partial charge on any atom is -0.311 e. The lowest BCUT2D eigenvalue weighted by Crippen LogP contribution is -2.09. The molecule has 268 valence electrons. The van der Waals surface area contributed by atoms with E-state index in [1.54, 1.807) is 24.3 Å². The zero-order chi connectivity index (χ0) is 44.9. The molecule has 57 heavy (non-hydrogen) atoms. The lowest BCUT2D eigenvalue weighted by molar-refractivity contribution is 1.28. The van der Waals surface area contributed by atoms with E-state index in [1.165, 1.54) is 4.90 Å². The summed E-state index contributed by atoms with van der Waals surface area (Å²) in [6, 6.07) is 57.1. The van der Waals surface area contributed by atoms with Crippen LogP contribution >= 0.6 is 0 Å². The highest BCUT2D eigenvalue weighted by molar-refractivity contribution is 6.04. The van der Waals surface area contributed by atoms with Gasteiger partial charge in [-0.1, -0.05) is 200 Å². The molecule has 0 N–H and O–H groups in total. The molecule has 0 radical (unpaired) electrons. The smallest absolute Gasteiger partial charge is 0.0645 e. The van der Waals surface area contributed by atoms with Crippen molar-refractivity contribution in [2.75, 3.05) is 4.90 Å². The van der Waals surface area contributed by atoms with Crippen molar-refractivity contribution < 1.29 is 11.0 Å². The molecular weight excluding hydrogens is 687 g/mol. The molecule has 0 saturated carbocycles. The predicted octanol–water partition coefficient (Wildman–Crippen LogP) is 15.8. The Labute approximate surface area is 345 Å². The highest BCUT2D eigenvalue weighted by Gasteiger charge is 2.16. The third-order valence-electron chi connectivity index (χ3n) is 10.4. The monoisotopic (exact) mass is 733 g/mol. The number of benzene rings is 10. The van der Waals surface area contributed by atoms with Gasteiger partial charge in [-0.05, 0) is 113 Å². The molecule has 0 fully saturated rings. The molecule has 10 aromatic carbocycles. The van der Waals surface area contributed by atoms with Crippen LogP contribution < -0.4 is 4.90 Å². The fraction of sp³-hybridized carbons (Fsp3) is 0. The maximum atomic E-state index is 9.68. The Kier molecular flexibility index (Phi) is 6.92. The molecule has 0 spiro atoms. The van der Waals surface area contributed by atoms with Crippen LogP contribution in [-0.4, -0.2) is 0 Å². The largest absolute Gasteiger partial charge is 0.311 e. The summed E-state index contributed by atoms with van der Waals surface area (Å²) >= 11 is 0. The second kappa shape index (κ2) is 15.0. The van der Waals surface area contributed by atoms with Gasteiger partial charge in [0.05, 0.1) is 11.0 Å². The quantitative estimate of drug-likeness (QED) is 0.150. The number of rotatable bonds is 8. The Bertz CT molecular complexity index is 3380. The van der Waals surface area contributed by atoms with E-state index >= 15 is 0 Å². The zero-order valence-electron chi connectivity index (χ0n) is 38.8. The molecule has 10 rings (SSSR count). The van der Waals surface area contributed by atoms with Gasteiger partial charge in [0.15, 0.2) is 0 Å². The van der Waals surface area contributed by atoms with Crippen LogP contribution in [0.2, 0.25) is 0 Å². The van der Waals surface area contributed by atoms with Crippen LogP contribution in [0.25, 0.3) is 77.2 Å². The van der Waals surface area contributed by atoms with Gasteiger partial charge in [0, 0.05) is 17.1 Å². The summed E-state index contributed by atoms with van der Waals surface area (Å²) in [4.78, 5) is 1.35. The summed E-state index contributed by atoms with van der Waals surface area (Å²) in [5, 5.41) is 4.04. The van der Waals surface area contributed by atoms with Crippen LogP contribution in [0.5, 0.6) is 0 Å². The van der Waals surface area contributed by atoms with E-state index in [-0.39, 0.29) is 46.7 Å². The number of anilines is 3. The average molecular weight is 734 g/mol. The molecule has 0 bridgehead atoms. The van der Waals surface area contributed by atoms with Gasteiger partial charge in [-0.15, -0.1) is 0 Å². The van der Waals surface area contributed by atoms with Crippen molar-refractivity contribution >= 4 is 38.6 Å². The van der Waals surface area contributed by atoms with Crippen LogP contribution in [0.4, 0.5) is 17.1 Å². The molecule has 0 unspecified atom stereocenters. The maximum absolute atomic E-state index is 9.68. The van der Waals surface area contributed by atoms with Gasteiger partial charge < -0.3 is 4.90 Å². The Balaban J connectivity index is 1.16. The second-order valence-corrected chi connectivity index (χ2v) is 13.9. The van der Waals surface area contributed by atoms with Crippen LogP contribution in [0.15, 0.2) is 236 Å². The Morgan fingerprint density at radius 3 is 1.40 bits per heavy atom. The van der Waals surface area contributed by atoms with Crippen LogP contribution in [0, 0.1) is 0 Å². The molecule has 0 heterocycles. The summed E-state index contributed by atoms with van der Waals surface area (Å²) in [7, 11) is 0. The number of hydrogen-bond donors (Lipinski definition) is 0. The number of fused-ring (bicyclic) bond motifs is 2. The van der Waals surface area contributed by atoms with Gasteiger partial charge in [0.1, 0.15) is 0 Å². The first-order valence-electron chi connectivity index (χ1n) is 22.9. The fourth-order valence-corrected chi connectivity index (χ4v) is 7.61. The highest BCUT2D eigenvalue weighted by atomic mass is 15.1. The molecule has 1 nitrogen and oxygen atoms in total. The van der Waals surface area contributed by atoms with Crippen LogP contribution in [0.1, 0.15) is 11.0 Å². The van der Waals surface area contributed by atoms with Crippen molar-refractivity contribution in [3.63, 3.8) is 0 Å². The Hall–Kier alpha value is -7.48. The first kappa shape index (κ1) is 26.3. The molecule has 0 aliphatic carbocycles. The van der Waals surface area contributed by atoms with Gasteiger partial charge in [-0.2, -0.15) is 0 Å². The minimum atomic E-state index is -0.398. The number of hydrogen-bond acceptors (Lipinski definition) is 1. The third kappa shape index (κ3) is 6.66. The SMILES string of the molecule is [2H]c1c([2H])c(N(c2ccc(-c3ccccc3)cc2)c2c([2H])c([2H])c(-c3ccc4ccccc4c3-c3ccccc3)c([2H])c2[2H])c([2H])c([2H])c1-c1ccc(-c2cccc3ccccc23)cc1. The molecule has 1 heteroatoms. The predicted molar refractivity (Wildman–Crippen MR) is 243 cm³/mol. The zero-order valence-corrected chi connectivity index (χ0v) is 30.8. The van der Waals surface area contributed by atoms with E-state index in [9.17, 15) is 11.0 Å². The summed E-state index contributed by atoms with van der Waals surface area (Å²) in [6.07, 6.45) is 0. The Morgan fingerprint density at radius 2 is 0.737 bits per heavy atom. The van der Waals surface area contributed by atoms with E-state index in [2.05, 4.69) is 18.2 Å². The van der Waals surface area contributed by atoms with E-state index in [0.29, 0.717) is 16.8 Å². The van der Waals surface area contributed by atoms with Crippen LogP contribution in [-0.2, 0) is 0 Å². The molecule has 10 aromatic rings. The van der Waals surface area contributed by atoms with E-state index in [4.69, 9.17) is 0 Å². The summed E-state index contributed by atoms with van der Waals surface area (Å²) in [6.45, 7) is 0. The summed E-state index contributed by atoms with van der Waals surface area (Å²) < 4.78 is 76.6. The van der Waals surface area contributed by atoms with E-state index in [0.717, 1.165) is 54.9 Å². The van der Waals surface area contributed by atoms with Gasteiger partial charge in [-0.3, -0.25) is 0 Å². The molecule has 0 saturated heterocycles. The normalized spacial score (nSPS) is 13.1. The molecule has 0 atom stereocenters. The molecule has 0 amide bonds. The molecule has 0 aliphatic rings. The third-order valence-corrected chi connectivity index (χ3v) is 10.4. The standard InChI is InChI=1S/C56H39N/c1-3-12-40(13-4-1)42-26-33-49(34-27-42)57(50-35-28-43(29-36-50)41-22-24-46(25-23-41)53-21-11-18-44-14-7-9-19-52(44)53)51-37-30-47(31-38-51)55-39-32-45-15-8-10-20-54(45)56(55)48-16-5-2-6-17-48/h1-39H/i28D,29D,30D,31D,35D,36D,37D,38D. The second-order valence-electron chi connectivity index (χ2n) is 13.9. The van der Waals surface area contributed by atoms with Crippen molar-refractivity contribution in [1.82, 2.24) is 0 Å². The molecular formula is C56H39N. The lowest BCUT2D eigenvalue weighted by atomic mass is 9.90. The minimum absolute atomic E-state index is 0.104. The van der Waals surface area contributed by atoms with Crippen molar-refractivity contribution in [1.29, 1.82) is 0 Å². The summed E-state index contributed by atoms with van der Waals surface area (Å²) in [5.41, 5.74) is 6.57. The van der Waals surface area contributed by atoms with Crippen molar-refractivity contribution in [2.24, 2.45) is 0 Å². The van der Waals surface area contributed by atoms with Crippen LogP contribution in [0.3, 0.4) is 0 Å². The lowest BCUT2D eigenvalue weighted by Gasteiger charge is -2.26. The molecule has 0 aromatic heterocycles. The summed E-state index contributed by atoms with van der Waals surface area (Å²) in [5.74, 6) is 0. The topological polar surface area (TPSA) is 3.24 Å². The van der Waals surface area contributed by atoms with Crippen molar-refractivity contribution in [3.8, 4) is 55.6 Å². The van der Waals surface area contributed by atoms with Gasteiger partial charge >= 0.3 is 0 Å². The van der Waals surface area contributed by atoms with E-state index < -0.39 is 24.2 Å². The van der Waals surface area contributed by atoms with E-state index in [1.807, 2.05) is 146 Å². The first-order chi connectivity index (χ1) is 31.6. The maximum Gasteiger partial charge on any atom is 0.0645 e. The average Bonchev–Trinajstić information content (AvgIpc) is 3.35. The molecule has 0 aliphatic heterocycles. The fourth-order valence-electron chi connectivity index (χ4n) is 7.61. The first-order valence-corrected chi connectivity index (χ1v) is 18.9. The number of nitrogens with zero attached hydrogens (tertiary/aromatic N) is 1. The van der Waals surface area contributed by atoms with Gasteiger partial charge in [0.2, 0.25) is 0 Å². The van der Waals surface area contributed by atoms with Crippen molar-refractivity contribution in [3.05, 3.63) is 236 Å².